The maximum Gasteiger partial charge on any atom is 0.421 e. The zero-order chi connectivity index (χ0) is 40.5. The van der Waals surface area contributed by atoms with Crippen molar-refractivity contribution < 1.29 is 18.7 Å². The van der Waals surface area contributed by atoms with Crippen molar-refractivity contribution in [3.63, 3.8) is 0 Å². The minimum absolute atomic E-state index is 0.0493. The van der Waals surface area contributed by atoms with Gasteiger partial charge in [-0.05, 0) is 50.5 Å². The van der Waals surface area contributed by atoms with Crippen LogP contribution in [-0.2, 0) is 37.8 Å². The van der Waals surface area contributed by atoms with E-state index in [9.17, 15) is 9.59 Å². The van der Waals surface area contributed by atoms with Crippen molar-refractivity contribution in [1.29, 1.82) is 0 Å². The smallest absolute Gasteiger partial charge is 0.382 e. The molecule has 0 bridgehead atoms. The average molecular weight is 807 g/mol. The van der Waals surface area contributed by atoms with E-state index >= 15 is 0 Å². The van der Waals surface area contributed by atoms with E-state index in [0.29, 0.717) is 47.5 Å². The second-order valence-corrected chi connectivity index (χ2v) is 16.1. The number of nitrogens with one attached hydrogen (secondary N) is 4. The van der Waals surface area contributed by atoms with Crippen LogP contribution in [0, 0.1) is 0 Å². The van der Waals surface area contributed by atoms with Gasteiger partial charge in [0.05, 0.1) is 64.4 Å². The number of anilines is 4. The van der Waals surface area contributed by atoms with Gasteiger partial charge in [0.2, 0.25) is 11.8 Å². The lowest BCUT2D eigenvalue weighted by atomic mass is 10.2. The molecule has 2 aromatic carbocycles. The Morgan fingerprint density at radius 1 is 0.661 bits per heavy atom. The zero-order valence-corrected chi connectivity index (χ0v) is 35.6. The Hall–Kier alpha value is -4.78. The molecule has 302 valence electrons. The van der Waals surface area contributed by atoms with Gasteiger partial charge >= 0.3 is 11.9 Å². The van der Waals surface area contributed by atoms with Gasteiger partial charge in [0.25, 0.3) is 0 Å². The van der Waals surface area contributed by atoms with Gasteiger partial charge < -0.3 is 31.1 Å². The number of rotatable bonds is 23. The minimum Gasteiger partial charge on any atom is -0.382 e. The van der Waals surface area contributed by atoms with Crippen molar-refractivity contribution >= 4 is 79.4 Å². The van der Waals surface area contributed by atoms with E-state index in [2.05, 4.69) is 65.6 Å². The maximum atomic E-state index is 12.0. The fourth-order valence-corrected chi connectivity index (χ4v) is 7.48. The van der Waals surface area contributed by atoms with Crippen LogP contribution in [0.4, 0.5) is 46.0 Å². The Kier molecular flexibility index (Phi) is 17.8. The predicted octanol–water partition coefficient (Wildman–Crippen LogP) is 6.31. The molecule has 2 amide bonds. The second-order valence-electron chi connectivity index (χ2n) is 13.4. The van der Waals surface area contributed by atoms with Crippen molar-refractivity contribution in [1.82, 2.24) is 18.9 Å². The number of aryl methyl sites for hydroxylation is 4. The Morgan fingerprint density at radius 3 is 1.43 bits per heavy atom. The molecule has 4 N–H and O–H groups in total. The lowest BCUT2D eigenvalue weighted by Crippen LogP contribution is -2.27. The van der Waals surface area contributed by atoms with Gasteiger partial charge in [-0.2, -0.15) is 0 Å². The van der Waals surface area contributed by atoms with Crippen LogP contribution in [-0.4, -0.2) is 95.6 Å². The second kappa shape index (κ2) is 22.7. The summed E-state index contributed by atoms with van der Waals surface area (Å²) in [6.07, 6.45) is 8.51. The van der Waals surface area contributed by atoms with Gasteiger partial charge in [-0.15, -0.1) is 0 Å². The number of aromatic nitrogens is 4. The summed E-state index contributed by atoms with van der Waals surface area (Å²) < 4.78 is 7.61. The van der Waals surface area contributed by atoms with Crippen LogP contribution in [0.25, 0.3) is 0 Å². The van der Waals surface area contributed by atoms with Crippen LogP contribution in [0.3, 0.4) is 0 Å². The molecule has 0 radical (unpaired) electrons. The first-order valence-corrected chi connectivity index (χ1v) is 21.3. The topological polar surface area (TPSA) is 156 Å². The van der Waals surface area contributed by atoms with Crippen LogP contribution in [0.1, 0.15) is 26.7 Å². The number of hydrogen-bond acceptors (Lipinski definition) is 12. The van der Waals surface area contributed by atoms with Crippen molar-refractivity contribution in [2.75, 3.05) is 86.1 Å². The van der Waals surface area contributed by atoms with E-state index < -0.39 is 0 Å². The first-order valence-electron chi connectivity index (χ1n) is 18.8. The third-order valence-corrected chi connectivity index (χ3v) is 11.2. The summed E-state index contributed by atoms with van der Waals surface area (Å²) in [6, 6.07) is 11.3. The summed E-state index contributed by atoms with van der Waals surface area (Å²) in [6.45, 7) is 8.81. The number of benzene rings is 2. The van der Waals surface area contributed by atoms with Crippen LogP contribution in [0.15, 0.2) is 81.6 Å². The first-order chi connectivity index (χ1) is 27.0. The number of amides is 2. The molecule has 0 aliphatic rings. The van der Waals surface area contributed by atoms with Crippen LogP contribution in [0.2, 0.25) is 0 Å². The molecule has 2 aromatic heterocycles. The van der Waals surface area contributed by atoms with E-state index in [1.54, 1.807) is 0 Å². The molecule has 2 heterocycles. The maximum absolute atomic E-state index is 12.0. The summed E-state index contributed by atoms with van der Waals surface area (Å²) in [5, 5.41) is 30.9. The normalized spacial score (nSPS) is 11.7. The lowest BCUT2D eigenvalue weighted by Gasteiger charge is -2.18. The lowest BCUT2D eigenvalue weighted by molar-refractivity contribution is -0.657. The monoisotopic (exact) mass is 806 g/mol. The Balaban J connectivity index is 1.16. The molecule has 0 saturated carbocycles. The van der Waals surface area contributed by atoms with Gasteiger partial charge in [-0.25, -0.2) is 18.3 Å². The highest BCUT2D eigenvalue weighted by Gasteiger charge is 2.15. The SMILES string of the molecule is CCC(=O)Nc1ccc(NCCN(C)CCSSCCN(C)CCNc2ccc(NC(=O)CC)cc2N=Nc2n(C)cc[n+]2C)c(N=Nc2n(C)cc[n+]2C)c1. The molecule has 56 heavy (non-hydrogen) atoms. The molecular weight excluding hydrogens is 749 g/mol. The summed E-state index contributed by atoms with van der Waals surface area (Å²) in [5.74, 6) is 3.38. The minimum atomic E-state index is -0.0493. The largest absolute Gasteiger partial charge is 0.421 e. The molecule has 18 heteroatoms. The Labute approximate surface area is 338 Å². The van der Waals surface area contributed by atoms with Crippen LogP contribution in [0.5, 0.6) is 0 Å². The van der Waals surface area contributed by atoms with E-state index in [0.717, 1.165) is 62.1 Å². The standard InChI is InChI=1S/C38H56N14O2S2/c1-9-35(53)41-29-11-13-31(33(27-29)43-45-37-49(5)19-20-50(37)6)39-15-17-47(3)23-25-55-56-26-24-48(4)18-16-40-32-14-12-30(42-36(54)10-2)28-34(32)44-46-38-51(7)21-22-52(38)8/h11-14,19-22,27-28H,9-10,15-18,23-26H2,1-8H3,(H2,41,42,43,44,53,54)/p+2. The highest BCUT2D eigenvalue weighted by molar-refractivity contribution is 8.76. The molecule has 0 saturated heterocycles. The van der Waals surface area contributed by atoms with Gasteiger partial charge in [-0.1, -0.05) is 45.7 Å². The van der Waals surface area contributed by atoms with E-state index in [1.165, 1.54) is 0 Å². The molecule has 4 rings (SSSR count). The van der Waals surface area contributed by atoms with Crippen molar-refractivity contribution in [3.05, 3.63) is 61.2 Å². The van der Waals surface area contributed by atoms with E-state index in [1.807, 2.05) is 143 Å². The first kappa shape index (κ1) is 43.9. The number of carbonyl (C=O) groups is 2. The van der Waals surface area contributed by atoms with Gasteiger partial charge in [0.1, 0.15) is 11.4 Å². The molecule has 0 fully saturated rings. The van der Waals surface area contributed by atoms with Crippen LogP contribution >= 0.6 is 21.6 Å². The Bertz CT molecular complexity index is 1770. The molecule has 0 aliphatic heterocycles. The number of nitrogens with zero attached hydrogens (tertiary/aromatic N) is 10. The third kappa shape index (κ3) is 14.1. The van der Waals surface area contributed by atoms with Gasteiger partial charge in [0, 0.05) is 85.2 Å². The quantitative estimate of drug-likeness (QED) is 0.0294. The number of carbonyl (C=O) groups excluding carboxylic acids is 2. The van der Waals surface area contributed by atoms with Gasteiger partial charge in [0.15, 0.2) is 0 Å². The highest BCUT2D eigenvalue weighted by Crippen LogP contribution is 2.31. The van der Waals surface area contributed by atoms with Crippen molar-refractivity contribution in [3.8, 4) is 0 Å². The number of likely N-dealkylation sites (N-methyl/N-ethyl adjacent to an activating group) is 2. The highest BCUT2D eigenvalue weighted by atomic mass is 33.1. The molecule has 0 unspecified atom stereocenters. The zero-order valence-electron chi connectivity index (χ0n) is 33.9. The fraction of sp³-hybridized carbons (Fsp3) is 0.474. The third-order valence-electron chi connectivity index (χ3n) is 8.80. The van der Waals surface area contributed by atoms with Crippen molar-refractivity contribution in [2.24, 2.45) is 48.6 Å². The fourth-order valence-electron chi connectivity index (χ4n) is 5.32. The molecule has 16 nitrogen and oxygen atoms in total. The molecule has 4 aromatic rings. The number of hydrogen-bond donors (Lipinski definition) is 4. The Morgan fingerprint density at radius 2 is 1.07 bits per heavy atom. The molecular formula is C38H58N14O2S2+2. The van der Waals surface area contributed by atoms with Crippen molar-refractivity contribution in [2.45, 2.75) is 26.7 Å². The van der Waals surface area contributed by atoms with Gasteiger partial charge in [-0.3, -0.25) is 9.59 Å². The average Bonchev–Trinajstić information content (AvgIpc) is 3.68. The summed E-state index contributed by atoms with van der Waals surface area (Å²) >= 11 is 0. The van der Waals surface area contributed by atoms with E-state index in [4.69, 9.17) is 0 Å². The molecule has 0 spiro atoms. The number of imidazole rings is 2. The molecule has 0 atom stereocenters. The summed E-state index contributed by atoms with van der Waals surface area (Å²) in [7, 11) is 15.8. The predicted molar refractivity (Wildman–Crippen MR) is 229 cm³/mol. The van der Waals surface area contributed by atoms with Crippen LogP contribution < -0.4 is 30.4 Å². The summed E-state index contributed by atoms with van der Waals surface area (Å²) in [5.41, 5.74) is 4.41. The molecule has 0 aliphatic carbocycles. The van der Waals surface area contributed by atoms with E-state index in [-0.39, 0.29) is 11.8 Å². The number of azo groups is 2. The summed E-state index contributed by atoms with van der Waals surface area (Å²) in [4.78, 5) is 28.6.